The lowest BCUT2D eigenvalue weighted by molar-refractivity contribution is 0.174. The van der Waals surface area contributed by atoms with Crippen LogP contribution in [0.2, 0.25) is 0 Å². The Labute approximate surface area is 136 Å². The SMILES string of the molecule is Fc1ccc(NNC(=S)NCc2ccc3c(c2)OCO3)c(F)c1. The van der Waals surface area contributed by atoms with Gasteiger partial charge in [-0.05, 0) is 42.0 Å². The van der Waals surface area contributed by atoms with Gasteiger partial charge in [-0.2, -0.15) is 0 Å². The number of hydrazine groups is 1. The molecule has 0 aliphatic carbocycles. The number of anilines is 1. The molecule has 1 heterocycles. The van der Waals surface area contributed by atoms with Crippen LogP contribution in [0.1, 0.15) is 5.56 Å². The molecule has 0 saturated heterocycles. The van der Waals surface area contributed by atoms with E-state index in [1.165, 1.54) is 6.07 Å². The topological polar surface area (TPSA) is 54.5 Å². The Bertz CT molecular complexity index is 743. The normalized spacial score (nSPS) is 11.9. The number of fused-ring (bicyclic) bond motifs is 1. The van der Waals surface area contributed by atoms with Crippen molar-refractivity contribution in [1.82, 2.24) is 10.7 Å². The molecule has 0 fully saturated rings. The van der Waals surface area contributed by atoms with E-state index in [4.69, 9.17) is 21.7 Å². The fraction of sp³-hybridized carbons (Fsp3) is 0.133. The van der Waals surface area contributed by atoms with Gasteiger partial charge in [0.15, 0.2) is 22.4 Å². The number of hydrogen-bond donors (Lipinski definition) is 3. The van der Waals surface area contributed by atoms with E-state index >= 15 is 0 Å². The number of rotatable bonds is 4. The Morgan fingerprint density at radius 1 is 1.09 bits per heavy atom. The van der Waals surface area contributed by atoms with Gasteiger partial charge >= 0.3 is 0 Å². The van der Waals surface area contributed by atoms with Gasteiger partial charge in [0, 0.05) is 12.6 Å². The second kappa shape index (κ2) is 6.66. The first-order valence-corrected chi connectivity index (χ1v) is 7.16. The summed E-state index contributed by atoms with van der Waals surface area (Å²) in [5.41, 5.74) is 6.26. The maximum Gasteiger partial charge on any atom is 0.231 e. The summed E-state index contributed by atoms with van der Waals surface area (Å²) < 4.78 is 36.8. The molecule has 0 bridgehead atoms. The lowest BCUT2D eigenvalue weighted by Crippen LogP contribution is -2.38. The highest BCUT2D eigenvalue weighted by molar-refractivity contribution is 7.80. The monoisotopic (exact) mass is 337 g/mol. The average Bonchev–Trinajstić information content (AvgIpc) is 2.99. The van der Waals surface area contributed by atoms with Crippen LogP contribution in [0.15, 0.2) is 36.4 Å². The molecular weight excluding hydrogens is 324 g/mol. The van der Waals surface area contributed by atoms with Crippen molar-refractivity contribution in [3.63, 3.8) is 0 Å². The molecule has 120 valence electrons. The second-order valence-electron chi connectivity index (χ2n) is 4.74. The molecule has 0 aromatic heterocycles. The highest BCUT2D eigenvalue weighted by Crippen LogP contribution is 2.32. The summed E-state index contributed by atoms with van der Waals surface area (Å²) in [4.78, 5) is 0. The van der Waals surface area contributed by atoms with Crippen LogP contribution in [0.3, 0.4) is 0 Å². The Balaban J connectivity index is 1.50. The van der Waals surface area contributed by atoms with Crippen LogP contribution < -0.4 is 25.6 Å². The van der Waals surface area contributed by atoms with E-state index in [2.05, 4.69) is 16.2 Å². The van der Waals surface area contributed by atoms with Crippen molar-refractivity contribution in [3.8, 4) is 11.5 Å². The van der Waals surface area contributed by atoms with Gasteiger partial charge < -0.3 is 14.8 Å². The van der Waals surface area contributed by atoms with Crippen LogP contribution in [0.25, 0.3) is 0 Å². The maximum atomic E-state index is 13.4. The van der Waals surface area contributed by atoms with E-state index in [-0.39, 0.29) is 17.6 Å². The van der Waals surface area contributed by atoms with Gasteiger partial charge in [-0.1, -0.05) is 6.07 Å². The fourth-order valence-electron chi connectivity index (χ4n) is 1.99. The second-order valence-corrected chi connectivity index (χ2v) is 5.15. The van der Waals surface area contributed by atoms with Crippen molar-refractivity contribution >= 4 is 23.0 Å². The third-order valence-electron chi connectivity index (χ3n) is 3.13. The first-order valence-electron chi connectivity index (χ1n) is 6.75. The molecule has 3 rings (SSSR count). The van der Waals surface area contributed by atoms with Crippen molar-refractivity contribution in [2.45, 2.75) is 6.54 Å². The molecule has 0 atom stereocenters. The molecule has 0 unspecified atom stereocenters. The van der Waals surface area contributed by atoms with Gasteiger partial charge in [0.2, 0.25) is 6.79 Å². The zero-order valence-corrected chi connectivity index (χ0v) is 12.7. The highest BCUT2D eigenvalue weighted by atomic mass is 32.1. The molecule has 0 saturated carbocycles. The molecule has 5 nitrogen and oxygen atoms in total. The van der Waals surface area contributed by atoms with Crippen LogP contribution in [0.5, 0.6) is 11.5 Å². The molecule has 0 spiro atoms. The van der Waals surface area contributed by atoms with Crippen LogP contribution in [0, 0.1) is 11.6 Å². The van der Waals surface area contributed by atoms with Crippen molar-refractivity contribution in [2.24, 2.45) is 0 Å². The van der Waals surface area contributed by atoms with E-state index < -0.39 is 11.6 Å². The first kappa shape index (κ1) is 15.3. The maximum absolute atomic E-state index is 13.4. The van der Waals surface area contributed by atoms with E-state index in [1.54, 1.807) is 0 Å². The summed E-state index contributed by atoms with van der Waals surface area (Å²) >= 11 is 5.08. The van der Waals surface area contributed by atoms with Crippen molar-refractivity contribution in [3.05, 3.63) is 53.6 Å². The van der Waals surface area contributed by atoms with Crippen LogP contribution in [0.4, 0.5) is 14.5 Å². The van der Waals surface area contributed by atoms with Crippen molar-refractivity contribution in [2.75, 3.05) is 12.2 Å². The number of nitrogens with one attached hydrogen (secondary N) is 3. The average molecular weight is 337 g/mol. The lowest BCUT2D eigenvalue weighted by atomic mass is 10.2. The smallest absolute Gasteiger partial charge is 0.231 e. The molecule has 2 aromatic carbocycles. The van der Waals surface area contributed by atoms with Crippen LogP contribution >= 0.6 is 12.2 Å². The van der Waals surface area contributed by atoms with E-state index in [0.717, 1.165) is 17.7 Å². The predicted octanol–water partition coefficient (Wildman–Crippen LogP) is 2.68. The van der Waals surface area contributed by atoms with Gasteiger partial charge in [-0.25, -0.2) is 8.78 Å². The summed E-state index contributed by atoms with van der Waals surface area (Å²) in [6.45, 7) is 0.676. The Hall–Kier alpha value is -2.61. The minimum atomic E-state index is -0.712. The molecule has 1 aliphatic rings. The third kappa shape index (κ3) is 3.78. The molecule has 0 radical (unpaired) electrons. The highest BCUT2D eigenvalue weighted by Gasteiger charge is 2.13. The van der Waals surface area contributed by atoms with Crippen molar-refractivity contribution in [1.29, 1.82) is 0 Å². The molecule has 23 heavy (non-hydrogen) atoms. The predicted molar refractivity (Wildman–Crippen MR) is 85.1 cm³/mol. The number of benzene rings is 2. The van der Waals surface area contributed by atoms with Gasteiger partial charge in [-0.15, -0.1) is 0 Å². The number of thiocarbonyl (C=S) groups is 1. The molecule has 3 N–H and O–H groups in total. The molecule has 2 aromatic rings. The lowest BCUT2D eigenvalue weighted by Gasteiger charge is -2.13. The summed E-state index contributed by atoms with van der Waals surface area (Å²) in [6.07, 6.45) is 0. The largest absolute Gasteiger partial charge is 0.454 e. The van der Waals surface area contributed by atoms with Gasteiger partial charge in [0.05, 0.1) is 5.69 Å². The quantitative estimate of drug-likeness (QED) is 0.589. The minimum absolute atomic E-state index is 0.0960. The van der Waals surface area contributed by atoms with E-state index in [1.807, 2.05) is 18.2 Å². The summed E-state index contributed by atoms with van der Waals surface area (Å²) in [5, 5.41) is 3.23. The number of ether oxygens (including phenoxy) is 2. The van der Waals surface area contributed by atoms with E-state index in [0.29, 0.717) is 18.0 Å². The van der Waals surface area contributed by atoms with Crippen molar-refractivity contribution < 1.29 is 18.3 Å². The summed E-state index contributed by atoms with van der Waals surface area (Å²) in [6, 6.07) is 8.77. The molecule has 0 amide bonds. The Morgan fingerprint density at radius 3 is 2.74 bits per heavy atom. The molecule has 1 aliphatic heterocycles. The van der Waals surface area contributed by atoms with Crippen LogP contribution in [-0.2, 0) is 6.54 Å². The first-order chi connectivity index (χ1) is 11.1. The third-order valence-corrected chi connectivity index (χ3v) is 3.38. The standard InChI is InChI=1S/C15H13F2N3O2S/c16-10-2-3-12(11(17)6-10)19-20-15(23)18-7-9-1-4-13-14(5-9)22-8-21-13/h1-6,19H,7-8H2,(H2,18,20,23). The van der Waals surface area contributed by atoms with Gasteiger partial charge in [0.1, 0.15) is 5.82 Å². The zero-order valence-electron chi connectivity index (χ0n) is 11.9. The Morgan fingerprint density at radius 2 is 1.91 bits per heavy atom. The zero-order chi connectivity index (χ0) is 16.2. The Kier molecular flexibility index (Phi) is 4.42. The van der Waals surface area contributed by atoms with Gasteiger partial charge in [0.25, 0.3) is 0 Å². The molecular formula is C15H13F2N3O2S. The van der Waals surface area contributed by atoms with Gasteiger partial charge in [-0.3, -0.25) is 10.9 Å². The minimum Gasteiger partial charge on any atom is -0.454 e. The van der Waals surface area contributed by atoms with E-state index in [9.17, 15) is 8.78 Å². The molecule has 8 heteroatoms. The number of hydrogen-bond acceptors (Lipinski definition) is 4. The number of halogens is 2. The van der Waals surface area contributed by atoms with Crippen LogP contribution in [-0.4, -0.2) is 11.9 Å². The summed E-state index contributed by atoms with van der Waals surface area (Å²) in [7, 11) is 0. The fourth-order valence-corrected chi connectivity index (χ4v) is 2.12. The summed E-state index contributed by atoms with van der Waals surface area (Å²) in [5.74, 6) is 0.0465.